The molecule has 3 aromatic carbocycles. The number of amides is 1. The van der Waals surface area contributed by atoms with Gasteiger partial charge in [0.1, 0.15) is 5.75 Å². The molecule has 37 heavy (non-hydrogen) atoms. The molecule has 0 aliphatic heterocycles. The zero-order valence-corrected chi connectivity index (χ0v) is 21.2. The number of methoxy groups -OCH3 is 1. The number of aromatic amines is 2. The molecule has 0 saturated heterocycles. The first-order chi connectivity index (χ1) is 17.9. The number of nitrogens with zero attached hydrogens (tertiary/aromatic N) is 1. The summed E-state index contributed by atoms with van der Waals surface area (Å²) in [4.78, 5) is 19.5. The molecule has 0 spiro atoms. The highest BCUT2D eigenvalue weighted by molar-refractivity contribution is 6.03. The molecule has 5 aromatic rings. The van der Waals surface area contributed by atoms with Gasteiger partial charge in [-0.05, 0) is 78.6 Å². The highest BCUT2D eigenvalue weighted by atomic mass is 16.5. The van der Waals surface area contributed by atoms with E-state index >= 15 is 0 Å². The van der Waals surface area contributed by atoms with Gasteiger partial charge in [0.2, 0.25) is 5.69 Å². The van der Waals surface area contributed by atoms with E-state index in [1.165, 1.54) is 0 Å². The van der Waals surface area contributed by atoms with Crippen molar-refractivity contribution in [2.75, 3.05) is 12.4 Å². The molecule has 0 aliphatic carbocycles. The van der Waals surface area contributed by atoms with E-state index in [9.17, 15) is 10.0 Å². The van der Waals surface area contributed by atoms with Crippen LogP contribution >= 0.6 is 0 Å². The summed E-state index contributed by atoms with van der Waals surface area (Å²) in [5, 5.41) is 16.3. The fraction of sp³-hybridized carbons (Fsp3) is 0.133. The highest BCUT2D eigenvalue weighted by Crippen LogP contribution is 2.37. The van der Waals surface area contributed by atoms with E-state index in [0.29, 0.717) is 27.4 Å². The maximum absolute atomic E-state index is 13.4. The van der Waals surface area contributed by atoms with Gasteiger partial charge in [-0.25, -0.2) is 9.71 Å². The number of carbonyl (C=O) groups is 1. The van der Waals surface area contributed by atoms with Crippen LogP contribution in [0, 0.1) is 26.0 Å². The van der Waals surface area contributed by atoms with E-state index < -0.39 is 5.91 Å². The van der Waals surface area contributed by atoms with Crippen molar-refractivity contribution in [2.24, 2.45) is 0 Å². The summed E-state index contributed by atoms with van der Waals surface area (Å²) in [6, 6.07) is 23.0. The molecule has 0 fully saturated rings. The largest absolute Gasteiger partial charge is 0.710 e. The van der Waals surface area contributed by atoms with Crippen LogP contribution in [0.25, 0.3) is 33.8 Å². The van der Waals surface area contributed by atoms with Gasteiger partial charge in [-0.1, -0.05) is 30.3 Å². The lowest BCUT2D eigenvalue weighted by Crippen LogP contribution is -2.36. The number of benzene rings is 3. The number of carbonyl (C=O) groups excluding carboxylic acids is 1. The van der Waals surface area contributed by atoms with Crippen LogP contribution in [0.4, 0.5) is 5.69 Å². The maximum atomic E-state index is 13.4. The Morgan fingerprint density at radius 1 is 0.919 bits per heavy atom. The molecular weight excluding hydrogens is 464 g/mol. The van der Waals surface area contributed by atoms with Gasteiger partial charge in [0.25, 0.3) is 11.7 Å². The summed E-state index contributed by atoms with van der Waals surface area (Å²) < 4.78 is 6.30. The van der Waals surface area contributed by atoms with Gasteiger partial charge < -0.3 is 20.2 Å². The molecule has 1 amide bonds. The molecular formula is C30H28N4O3. The predicted molar refractivity (Wildman–Crippen MR) is 146 cm³/mol. The number of hydrogen-bond donors (Lipinski definition) is 3. The Labute approximate surface area is 215 Å². The van der Waals surface area contributed by atoms with Crippen molar-refractivity contribution in [3.8, 4) is 39.5 Å². The van der Waals surface area contributed by atoms with Crippen LogP contribution in [0.5, 0.6) is 5.75 Å². The molecule has 2 aromatic heterocycles. The first kappa shape index (κ1) is 23.9. The molecule has 5 rings (SSSR count). The van der Waals surface area contributed by atoms with Crippen molar-refractivity contribution in [3.63, 3.8) is 0 Å². The van der Waals surface area contributed by atoms with E-state index in [0.717, 1.165) is 33.5 Å². The zero-order chi connectivity index (χ0) is 26.1. The second-order valence-corrected chi connectivity index (χ2v) is 9.04. The van der Waals surface area contributed by atoms with Gasteiger partial charge in [0, 0.05) is 30.1 Å². The van der Waals surface area contributed by atoms with Crippen molar-refractivity contribution in [3.05, 3.63) is 107 Å². The molecule has 0 radical (unpaired) electrons. The number of imidazole rings is 1. The summed E-state index contributed by atoms with van der Waals surface area (Å²) in [5.41, 5.74) is 7.78. The molecule has 0 atom stereocenters. The van der Waals surface area contributed by atoms with Gasteiger partial charge >= 0.3 is 0 Å². The minimum absolute atomic E-state index is 0.0183. The first-order valence-electron chi connectivity index (χ1n) is 12.0. The van der Waals surface area contributed by atoms with Gasteiger partial charge in [0.15, 0.2) is 5.69 Å². The smallest absolute Gasteiger partial charge is 0.300 e. The van der Waals surface area contributed by atoms with Crippen molar-refractivity contribution in [2.45, 2.75) is 20.8 Å². The van der Waals surface area contributed by atoms with Crippen molar-refractivity contribution in [1.29, 1.82) is 0 Å². The zero-order valence-electron chi connectivity index (χ0n) is 21.2. The van der Waals surface area contributed by atoms with Crippen LogP contribution in [0.3, 0.4) is 0 Å². The van der Waals surface area contributed by atoms with Gasteiger partial charge in [-0.3, -0.25) is 4.79 Å². The quantitative estimate of drug-likeness (QED) is 0.195. The maximum Gasteiger partial charge on any atom is 0.300 e. The van der Waals surface area contributed by atoms with Crippen molar-refractivity contribution < 1.29 is 14.3 Å². The van der Waals surface area contributed by atoms with Crippen LogP contribution in [0.15, 0.2) is 79.0 Å². The van der Waals surface area contributed by atoms with Gasteiger partial charge in [-0.15, -0.1) is 0 Å². The lowest BCUT2D eigenvalue weighted by atomic mass is 9.93. The number of ether oxygens (including phenoxy) is 1. The molecule has 7 heteroatoms. The van der Waals surface area contributed by atoms with Crippen molar-refractivity contribution in [1.82, 2.24) is 9.97 Å². The number of anilines is 1. The summed E-state index contributed by atoms with van der Waals surface area (Å²) >= 11 is 0. The van der Waals surface area contributed by atoms with Crippen LogP contribution in [-0.4, -0.2) is 23.0 Å². The molecule has 0 saturated carbocycles. The average Bonchev–Trinajstić information content (AvgIpc) is 3.52. The molecule has 3 N–H and O–H groups in total. The Morgan fingerprint density at radius 3 is 2.38 bits per heavy atom. The van der Waals surface area contributed by atoms with Crippen LogP contribution in [0.2, 0.25) is 0 Å². The van der Waals surface area contributed by atoms with Crippen molar-refractivity contribution >= 4 is 11.6 Å². The minimum atomic E-state index is -0.484. The standard InChI is InChI=1S/C30H28N4O3/c1-18-8-5-9-19(2)27(18)24-17-22(13-14-26(24)37-4)29-32-20(3)28(34(29)36)30(35)33-23-11-6-10-21(16-23)25-12-7-15-31-25/h5-17,31-32H,1-4H3,(H,33,35). The summed E-state index contributed by atoms with van der Waals surface area (Å²) in [5.74, 6) is 0.516. The number of aryl methyl sites for hydroxylation is 3. The summed E-state index contributed by atoms with van der Waals surface area (Å²) in [6.45, 7) is 5.82. The Balaban J connectivity index is 1.50. The second kappa shape index (κ2) is 9.70. The monoisotopic (exact) mass is 492 g/mol. The normalized spacial score (nSPS) is 10.9. The average molecular weight is 493 g/mol. The SMILES string of the molecule is COc1ccc(-c2[nH]c(C)c(C(=O)Nc3cccc(-c4ccc[nH]4)c3)[n+]2[O-])cc1-c1c(C)cccc1C. The summed E-state index contributed by atoms with van der Waals surface area (Å²) in [7, 11) is 1.63. The number of nitrogens with one attached hydrogen (secondary N) is 3. The lowest BCUT2D eigenvalue weighted by Gasteiger charge is -2.15. The van der Waals surface area contributed by atoms with Gasteiger partial charge in [0.05, 0.1) is 12.7 Å². The third-order valence-corrected chi connectivity index (χ3v) is 6.54. The number of H-pyrrole nitrogens is 2. The topological polar surface area (TPSA) is 96.8 Å². The van der Waals surface area contributed by atoms with Gasteiger partial charge in [-0.2, -0.15) is 0 Å². The Hall–Kier alpha value is -4.78. The highest BCUT2D eigenvalue weighted by Gasteiger charge is 2.26. The fourth-order valence-corrected chi connectivity index (χ4v) is 4.76. The molecule has 7 nitrogen and oxygen atoms in total. The predicted octanol–water partition coefficient (Wildman–Crippen LogP) is 6.16. The van der Waals surface area contributed by atoms with E-state index in [4.69, 9.17) is 4.74 Å². The molecule has 0 unspecified atom stereocenters. The molecule has 2 heterocycles. The van der Waals surface area contributed by atoms with Crippen LogP contribution in [-0.2, 0) is 0 Å². The number of rotatable bonds is 6. The Kier molecular flexibility index (Phi) is 6.27. The number of hydrogen-bond acceptors (Lipinski definition) is 3. The first-order valence-corrected chi connectivity index (χ1v) is 12.0. The fourth-order valence-electron chi connectivity index (χ4n) is 4.76. The molecule has 186 valence electrons. The number of aromatic nitrogens is 3. The second-order valence-electron chi connectivity index (χ2n) is 9.04. The van der Waals surface area contributed by atoms with Crippen LogP contribution in [0.1, 0.15) is 27.3 Å². The van der Waals surface area contributed by atoms with E-state index in [-0.39, 0.29) is 11.5 Å². The Morgan fingerprint density at radius 2 is 1.68 bits per heavy atom. The third-order valence-electron chi connectivity index (χ3n) is 6.54. The lowest BCUT2D eigenvalue weighted by molar-refractivity contribution is -0.594. The van der Waals surface area contributed by atoms with E-state index in [2.05, 4.69) is 15.3 Å². The van der Waals surface area contributed by atoms with E-state index in [1.54, 1.807) is 20.1 Å². The minimum Gasteiger partial charge on any atom is -0.710 e. The molecule has 0 aliphatic rings. The third kappa shape index (κ3) is 4.47. The van der Waals surface area contributed by atoms with Crippen LogP contribution < -0.4 is 14.8 Å². The summed E-state index contributed by atoms with van der Waals surface area (Å²) in [6.07, 6.45) is 1.84. The Bertz CT molecular complexity index is 1580. The van der Waals surface area contributed by atoms with E-state index in [1.807, 2.05) is 86.8 Å². The molecule has 0 bridgehead atoms.